The van der Waals surface area contributed by atoms with E-state index in [9.17, 15) is 4.79 Å². The fourth-order valence-electron chi connectivity index (χ4n) is 3.49. The minimum Gasteiger partial charge on any atom is -0.447 e. The first-order valence-electron chi connectivity index (χ1n) is 10.5. The molecule has 0 aliphatic rings. The molecule has 4 rings (SSSR count). The van der Waals surface area contributed by atoms with Crippen LogP contribution in [0.4, 0.5) is 0 Å². The zero-order valence-electron chi connectivity index (χ0n) is 18.0. The van der Waals surface area contributed by atoms with E-state index in [1.165, 1.54) is 9.79 Å². The van der Waals surface area contributed by atoms with Gasteiger partial charge in [0.05, 0.1) is 16.5 Å². The highest BCUT2D eigenvalue weighted by atomic mass is 32.2. The molecule has 0 fully saturated rings. The van der Waals surface area contributed by atoms with Crippen LogP contribution in [0.15, 0.2) is 143 Å². The van der Waals surface area contributed by atoms with E-state index in [2.05, 4.69) is 55.1 Å². The zero-order chi connectivity index (χ0) is 22.4. The van der Waals surface area contributed by atoms with Crippen LogP contribution in [0.2, 0.25) is 0 Å². The SMILES string of the molecule is C=CC(C)(OC(=O)c1ccc([S+](c2ccccc2)c2ccccc2)cc1)c1ccccc1. The highest BCUT2D eigenvalue weighted by Gasteiger charge is 2.30. The third-order valence-electron chi connectivity index (χ3n) is 5.32. The van der Waals surface area contributed by atoms with Crippen LogP contribution in [0, 0.1) is 0 Å². The number of carbonyl (C=O) groups excluding carboxylic acids is 1. The molecule has 2 nitrogen and oxygen atoms in total. The molecule has 4 aromatic rings. The zero-order valence-corrected chi connectivity index (χ0v) is 18.8. The predicted octanol–water partition coefficient (Wildman–Crippen LogP) is 7.04. The average molecular weight is 438 g/mol. The predicted molar refractivity (Wildman–Crippen MR) is 131 cm³/mol. The Morgan fingerprint density at radius 3 is 1.62 bits per heavy atom. The molecule has 0 N–H and O–H groups in total. The maximum absolute atomic E-state index is 12.9. The molecule has 0 saturated carbocycles. The Morgan fingerprint density at radius 2 is 1.16 bits per heavy atom. The van der Waals surface area contributed by atoms with Crippen LogP contribution in [-0.4, -0.2) is 5.97 Å². The minimum absolute atomic E-state index is 0.255. The Hall–Kier alpha value is -3.56. The van der Waals surface area contributed by atoms with Gasteiger partial charge < -0.3 is 4.74 Å². The van der Waals surface area contributed by atoms with Crippen LogP contribution >= 0.6 is 0 Å². The van der Waals surface area contributed by atoms with Crippen LogP contribution in [0.5, 0.6) is 0 Å². The lowest BCUT2D eigenvalue weighted by Gasteiger charge is -2.26. The lowest BCUT2D eigenvalue weighted by Crippen LogP contribution is -2.26. The fourth-order valence-corrected chi connectivity index (χ4v) is 5.57. The molecule has 0 aliphatic heterocycles. The summed E-state index contributed by atoms with van der Waals surface area (Å²) in [6.45, 7) is 5.74. The second kappa shape index (κ2) is 9.71. The fraction of sp³-hybridized carbons (Fsp3) is 0.0690. The Bertz CT molecular complexity index is 1130. The molecule has 158 valence electrons. The summed E-state index contributed by atoms with van der Waals surface area (Å²) < 4.78 is 5.87. The Kier molecular flexibility index (Phi) is 6.58. The van der Waals surface area contributed by atoms with Crippen molar-refractivity contribution in [2.24, 2.45) is 0 Å². The van der Waals surface area contributed by atoms with Gasteiger partial charge in [0.2, 0.25) is 0 Å². The van der Waals surface area contributed by atoms with Crippen molar-refractivity contribution in [2.45, 2.75) is 27.2 Å². The van der Waals surface area contributed by atoms with E-state index in [0.29, 0.717) is 5.56 Å². The Balaban J connectivity index is 1.61. The van der Waals surface area contributed by atoms with Gasteiger partial charge in [0.1, 0.15) is 0 Å². The monoisotopic (exact) mass is 437 g/mol. The van der Waals surface area contributed by atoms with Crippen molar-refractivity contribution in [1.29, 1.82) is 0 Å². The third kappa shape index (κ3) is 4.68. The molecule has 0 aliphatic carbocycles. The number of hydrogen-bond acceptors (Lipinski definition) is 2. The summed E-state index contributed by atoms with van der Waals surface area (Å²) in [5.74, 6) is -0.373. The molecule has 0 spiro atoms. The van der Waals surface area contributed by atoms with Crippen molar-refractivity contribution in [1.82, 2.24) is 0 Å². The highest BCUT2D eigenvalue weighted by molar-refractivity contribution is 7.97. The van der Waals surface area contributed by atoms with Gasteiger partial charge in [-0.2, -0.15) is 0 Å². The maximum Gasteiger partial charge on any atom is 0.339 e. The van der Waals surface area contributed by atoms with Crippen LogP contribution < -0.4 is 0 Å². The largest absolute Gasteiger partial charge is 0.447 e. The van der Waals surface area contributed by atoms with Crippen LogP contribution in [0.1, 0.15) is 22.8 Å². The number of carbonyl (C=O) groups is 1. The van der Waals surface area contributed by atoms with Crippen LogP contribution in [0.25, 0.3) is 0 Å². The molecular formula is C29H25O2S+. The summed E-state index contributed by atoms with van der Waals surface area (Å²) in [6.07, 6.45) is 1.66. The molecule has 32 heavy (non-hydrogen) atoms. The quantitative estimate of drug-likeness (QED) is 0.176. The second-order valence-corrected chi connectivity index (χ2v) is 9.55. The second-order valence-electron chi connectivity index (χ2n) is 7.52. The molecule has 0 heterocycles. The van der Waals surface area contributed by atoms with Gasteiger partial charge in [-0.3, -0.25) is 0 Å². The van der Waals surface area contributed by atoms with Crippen molar-refractivity contribution in [3.05, 3.63) is 139 Å². The molecule has 0 bridgehead atoms. The highest BCUT2D eigenvalue weighted by Crippen LogP contribution is 2.32. The van der Waals surface area contributed by atoms with Crippen molar-refractivity contribution in [2.75, 3.05) is 0 Å². The van der Waals surface area contributed by atoms with Gasteiger partial charge in [-0.05, 0) is 67.1 Å². The van der Waals surface area contributed by atoms with Gasteiger partial charge in [-0.15, -0.1) is 0 Å². The first-order chi connectivity index (χ1) is 15.6. The standard InChI is InChI=1S/C29H25O2S/c1-3-29(2,24-13-7-4-8-14-24)31-28(30)23-19-21-27(22-20-23)32(25-15-9-5-10-16-25)26-17-11-6-12-18-26/h3-22H,1H2,2H3/q+1. The van der Waals surface area contributed by atoms with Gasteiger partial charge in [-0.1, -0.05) is 73.3 Å². The van der Waals surface area contributed by atoms with E-state index in [0.717, 1.165) is 10.5 Å². The van der Waals surface area contributed by atoms with Gasteiger partial charge in [0, 0.05) is 0 Å². The number of esters is 1. The smallest absolute Gasteiger partial charge is 0.339 e. The molecule has 0 aromatic heterocycles. The summed E-state index contributed by atoms with van der Waals surface area (Å²) >= 11 is 0. The number of ether oxygens (including phenoxy) is 1. The van der Waals surface area contributed by atoms with Gasteiger partial charge >= 0.3 is 5.97 Å². The van der Waals surface area contributed by atoms with Crippen LogP contribution in [0.3, 0.4) is 0 Å². The van der Waals surface area contributed by atoms with Gasteiger partial charge in [0.25, 0.3) is 0 Å². The topological polar surface area (TPSA) is 26.3 Å². The number of benzene rings is 4. The molecule has 1 unspecified atom stereocenters. The van der Waals surface area contributed by atoms with Crippen molar-refractivity contribution < 1.29 is 9.53 Å². The summed E-state index contributed by atoms with van der Waals surface area (Å²) in [4.78, 5) is 16.6. The van der Waals surface area contributed by atoms with E-state index >= 15 is 0 Å². The molecule has 0 amide bonds. The average Bonchev–Trinajstić information content (AvgIpc) is 2.86. The Morgan fingerprint density at radius 1 is 0.719 bits per heavy atom. The van der Waals surface area contributed by atoms with Crippen LogP contribution in [-0.2, 0) is 21.2 Å². The summed E-state index contributed by atoms with van der Waals surface area (Å²) in [7, 11) is -0.255. The first-order valence-corrected chi connectivity index (χ1v) is 11.7. The number of rotatable bonds is 7. The lowest BCUT2D eigenvalue weighted by atomic mass is 9.96. The molecule has 4 aromatic carbocycles. The van der Waals surface area contributed by atoms with Gasteiger partial charge in [-0.25, -0.2) is 4.79 Å². The van der Waals surface area contributed by atoms with E-state index in [1.807, 2.05) is 73.7 Å². The first kappa shape index (κ1) is 21.7. The van der Waals surface area contributed by atoms with Gasteiger partial charge in [0.15, 0.2) is 20.3 Å². The summed E-state index contributed by atoms with van der Waals surface area (Å²) in [6, 6.07) is 38.3. The normalized spacial score (nSPS) is 12.7. The third-order valence-corrected chi connectivity index (χ3v) is 7.56. The van der Waals surface area contributed by atoms with E-state index in [1.54, 1.807) is 6.08 Å². The minimum atomic E-state index is -0.893. The summed E-state index contributed by atoms with van der Waals surface area (Å²) in [5.41, 5.74) is 0.507. The molecule has 0 radical (unpaired) electrons. The van der Waals surface area contributed by atoms with Crippen molar-refractivity contribution in [3.63, 3.8) is 0 Å². The summed E-state index contributed by atoms with van der Waals surface area (Å²) in [5, 5.41) is 0. The number of hydrogen-bond donors (Lipinski definition) is 0. The maximum atomic E-state index is 12.9. The van der Waals surface area contributed by atoms with E-state index in [-0.39, 0.29) is 16.9 Å². The van der Waals surface area contributed by atoms with Crippen molar-refractivity contribution >= 4 is 16.9 Å². The Labute approximate surface area is 192 Å². The lowest BCUT2D eigenvalue weighted by molar-refractivity contribution is 0.00933. The molecule has 0 saturated heterocycles. The molecule has 1 atom stereocenters. The van der Waals surface area contributed by atoms with E-state index < -0.39 is 5.60 Å². The molecule has 3 heteroatoms. The van der Waals surface area contributed by atoms with E-state index in [4.69, 9.17) is 4.74 Å². The van der Waals surface area contributed by atoms with Crippen molar-refractivity contribution in [3.8, 4) is 0 Å². The molecular weight excluding hydrogens is 412 g/mol.